The van der Waals surface area contributed by atoms with Crippen molar-refractivity contribution in [1.82, 2.24) is 10.9 Å². The van der Waals surface area contributed by atoms with Gasteiger partial charge in [-0.15, -0.1) is 0 Å². The summed E-state index contributed by atoms with van der Waals surface area (Å²) in [6.45, 7) is -0.568. The molecule has 30 heavy (non-hydrogen) atoms. The third kappa shape index (κ3) is 6.26. The van der Waals surface area contributed by atoms with Crippen molar-refractivity contribution >= 4 is 23.9 Å². The SMILES string of the molecule is COc1cc(OC)c(OC)cc1/C=C/C(=O)OCC(=O)NNC(=O)c1ccccc1. The van der Waals surface area contributed by atoms with Gasteiger partial charge in [-0.1, -0.05) is 18.2 Å². The largest absolute Gasteiger partial charge is 0.496 e. The molecule has 2 aromatic carbocycles. The van der Waals surface area contributed by atoms with Gasteiger partial charge in [0.1, 0.15) is 5.75 Å². The number of carbonyl (C=O) groups is 3. The van der Waals surface area contributed by atoms with Gasteiger partial charge in [0.25, 0.3) is 11.8 Å². The van der Waals surface area contributed by atoms with Gasteiger partial charge < -0.3 is 18.9 Å². The molecule has 0 spiro atoms. The van der Waals surface area contributed by atoms with Gasteiger partial charge in [0, 0.05) is 23.3 Å². The zero-order valence-corrected chi connectivity index (χ0v) is 16.8. The number of rotatable bonds is 8. The first-order valence-electron chi connectivity index (χ1n) is 8.77. The normalized spacial score (nSPS) is 10.2. The molecule has 0 saturated carbocycles. The highest BCUT2D eigenvalue weighted by Crippen LogP contribution is 2.35. The molecule has 0 unspecified atom stereocenters. The van der Waals surface area contributed by atoms with Crippen LogP contribution < -0.4 is 25.1 Å². The Morgan fingerprint density at radius 2 is 1.50 bits per heavy atom. The lowest BCUT2D eigenvalue weighted by atomic mass is 10.1. The van der Waals surface area contributed by atoms with Crippen molar-refractivity contribution in [2.24, 2.45) is 0 Å². The number of nitrogens with one attached hydrogen (secondary N) is 2. The summed E-state index contributed by atoms with van der Waals surface area (Å²) in [5, 5.41) is 0. The van der Waals surface area contributed by atoms with Crippen LogP contribution in [0.2, 0.25) is 0 Å². The average molecular weight is 414 g/mol. The monoisotopic (exact) mass is 414 g/mol. The predicted molar refractivity (Wildman–Crippen MR) is 108 cm³/mol. The van der Waals surface area contributed by atoms with Crippen LogP contribution in [0.5, 0.6) is 17.2 Å². The molecule has 0 heterocycles. The highest BCUT2D eigenvalue weighted by Gasteiger charge is 2.11. The Labute approximate surface area is 173 Å². The fourth-order valence-corrected chi connectivity index (χ4v) is 2.35. The first kappa shape index (κ1) is 22.3. The minimum absolute atomic E-state index is 0.376. The van der Waals surface area contributed by atoms with Crippen molar-refractivity contribution in [2.45, 2.75) is 0 Å². The van der Waals surface area contributed by atoms with Crippen LogP contribution in [0.3, 0.4) is 0 Å². The average Bonchev–Trinajstić information content (AvgIpc) is 2.79. The van der Waals surface area contributed by atoms with Crippen LogP contribution in [-0.4, -0.2) is 45.7 Å². The molecule has 9 heteroatoms. The van der Waals surface area contributed by atoms with Crippen LogP contribution in [0.15, 0.2) is 48.5 Å². The van der Waals surface area contributed by atoms with Gasteiger partial charge in [0.05, 0.1) is 21.3 Å². The van der Waals surface area contributed by atoms with Gasteiger partial charge in [-0.2, -0.15) is 0 Å². The lowest BCUT2D eigenvalue weighted by Crippen LogP contribution is -2.43. The van der Waals surface area contributed by atoms with Gasteiger partial charge in [-0.3, -0.25) is 20.4 Å². The maximum atomic E-state index is 11.9. The molecule has 0 bridgehead atoms. The highest BCUT2D eigenvalue weighted by atomic mass is 16.5. The minimum atomic E-state index is -0.753. The molecule has 9 nitrogen and oxygen atoms in total. The fraction of sp³-hybridized carbons (Fsp3) is 0.190. The molecule has 0 fully saturated rings. The standard InChI is InChI=1S/C21H22N2O7/c1-27-16-12-18(29-3)17(28-2)11-15(16)9-10-20(25)30-13-19(24)22-23-21(26)14-7-5-4-6-8-14/h4-12H,13H2,1-3H3,(H,22,24)(H,23,26)/b10-9+. The quantitative estimate of drug-likeness (QED) is 0.384. The van der Waals surface area contributed by atoms with E-state index in [0.717, 1.165) is 6.08 Å². The van der Waals surface area contributed by atoms with Gasteiger partial charge in [0.15, 0.2) is 18.1 Å². The molecule has 2 N–H and O–H groups in total. The summed E-state index contributed by atoms with van der Waals surface area (Å²) in [6.07, 6.45) is 2.60. The maximum Gasteiger partial charge on any atom is 0.331 e. The van der Waals surface area contributed by atoms with E-state index in [-0.39, 0.29) is 0 Å². The molecule has 2 amide bonds. The molecule has 0 aliphatic carbocycles. The Kier molecular flexibility index (Phi) is 8.25. The Morgan fingerprint density at radius 3 is 2.13 bits per heavy atom. The molecular weight excluding hydrogens is 392 g/mol. The predicted octanol–water partition coefficient (Wildman–Crippen LogP) is 1.73. The van der Waals surface area contributed by atoms with Gasteiger partial charge >= 0.3 is 5.97 Å². The highest BCUT2D eigenvalue weighted by molar-refractivity contribution is 5.95. The molecule has 0 aliphatic rings. The van der Waals surface area contributed by atoms with E-state index in [9.17, 15) is 14.4 Å². The van der Waals surface area contributed by atoms with E-state index >= 15 is 0 Å². The molecule has 2 aromatic rings. The summed E-state index contributed by atoms with van der Waals surface area (Å²) < 4.78 is 20.5. The van der Waals surface area contributed by atoms with Crippen LogP contribution in [0.4, 0.5) is 0 Å². The first-order valence-corrected chi connectivity index (χ1v) is 8.77. The topological polar surface area (TPSA) is 112 Å². The number of ether oxygens (including phenoxy) is 4. The number of hydrazine groups is 1. The lowest BCUT2D eigenvalue weighted by Gasteiger charge is -2.12. The van der Waals surface area contributed by atoms with Crippen LogP contribution in [0, 0.1) is 0 Å². The summed E-state index contributed by atoms with van der Waals surface area (Å²) in [7, 11) is 4.46. The van der Waals surface area contributed by atoms with Crippen LogP contribution >= 0.6 is 0 Å². The van der Waals surface area contributed by atoms with Crippen LogP contribution in [0.25, 0.3) is 6.08 Å². The molecular formula is C21H22N2O7. The second kappa shape index (κ2) is 11.1. The summed E-state index contributed by atoms with van der Waals surface area (Å²) in [5.41, 5.74) is 5.32. The maximum absolute atomic E-state index is 11.9. The molecule has 0 saturated heterocycles. The Morgan fingerprint density at radius 1 is 0.867 bits per heavy atom. The third-order valence-electron chi connectivity index (χ3n) is 3.83. The van der Waals surface area contributed by atoms with Crippen LogP contribution in [-0.2, 0) is 14.3 Å². The minimum Gasteiger partial charge on any atom is -0.496 e. The first-order chi connectivity index (χ1) is 14.5. The Bertz CT molecular complexity index is 926. The van der Waals surface area contributed by atoms with E-state index in [1.165, 1.54) is 27.4 Å². The number of hydrogen-bond donors (Lipinski definition) is 2. The van der Waals surface area contributed by atoms with Gasteiger partial charge in [0.2, 0.25) is 0 Å². The van der Waals surface area contributed by atoms with Crippen molar-refractivity contribution in [3.8, 4) is 17.2 Å². The fourth-order valence-electron chi connectivity index (χ4n) is 2.35. The number of carbonyl (C=O) groups excluding carboxylic acids is 3. The summed E-state index contributed by atoms with van der Waals surface area (Å²) >= 11 is 0. The number of amides is 2. The zero-order valence-electron chi connectivity index (χ0n) is 16.8. The van der Waals surface area contributed by atoms with E-state index < -0.39 is 24.4 Å². The molecule has 0 radical (unpaired) electrons. The third-order valence-corrected chi connectivity index (χ3v) is 3.83. The van der Waals surface area contributed by atoms with Gasteiger partial charge in [-0.25, -0.2) is 4.79 Å². The van der Waals surface area contributed by atoms with Crippen molar-refractivity contribution in [1.29, 1.82) is 0 Å². The van der Waals surface area contributed by atoms with Crippen LogP contribution in [0.1, 0.15) is 15.9 Å². The summed E-state index contributed by atoms with van der Waals surface area (Å²) in [4.78, 5) is 35.4. The Hall–Kier alpha value is -4.01. The summed E-state index contributed by atoms with van der Waals surface area (Å²) in [5.74, 6) is -0.543. The van der Waals surface area contributed by atoms with E-state index in [1.54, 1.807) is 42.5 Å². The number of benzene rings is 2. The number of methoxy groups -OCH3 is 3. The van der Waals surface area contributed by atoms with Crippen molar-refractivity contribution in [2.75, 3.05) is 27.9 Å². The molecule has 0 aliphatic heterocycles. The zero-order chi connectivity index (χ0) is 21.9. The van der Waals surface area contributed by atoms with E-state index in [0.29, 0.717) is 28.4 Å². The number of hydrogen-bond acceptors (Lipinski definition) is 7. The second-order valence-corrected chi connectivity index (χ2v) is 5.76. The van der Waals surface area contributed by atoms with Crippen molar-refractivity contribution < 1.29 is 33.3 Å². The van der Waals surface area contributed by atoms with E-state index in [2.05, 4.69) is 10.9 Å². The van der Waals surface area contributed by atoms with Crippen molar-refractivity contribution in [3.05, 3.63) is 59.7 Å². The smallest absolute Gasteiger partial charge is 0.331 e. The second-order valence-electron chi connectivity index (χ2n) is 5.76. The molecule has 2 rings (SSSR count). The number of esters is 1. The van der Waals surface area contributed by atoms with E-state index in [1.807, 2.05) is 0 Å². The lowest BCUT2D eigenvalue weighted by molar-refractivity contribution is -0.144. The van der Waals surface area contributed by atoms with Crippen molar-refractivity contribution in [3.63, 3.8) is 0 Å². The van der Waals surface area contributed by atoms with Gasteiger partial charge in [-0.05, 0) is 24.3 Å². The molecule has 0 aromatic heterocycles. The van der Waals surface area contributed by atoms with E-state index in [4.69, 9.17) is 18.9 Å². The molecule has 158 valence electrons. The Balaban J connectivity index is 1.87. The molecule has 0 atom stereocenters. The summed E-state index contributed by atoms with van der Waals surface area (Å²) in [6, 6.07) is 11.6.